The number of hydrogen-bond acceptors (Lipinski definition) is 3. The van der Waals surface area contributed by atoms with Crippen molar-refractivity contribution in [2.75, 3.05) is 0 Å². The Bertz CT molecular complexity index is 1110. The van der Waals surface area contributed by atoms with E-state index in [1.807, 2.05) is 84.0 Å². The van der Waals surface area contributed by atoms with Crippen molar-refractivity contribution in [2.45, 2.75) is 26.9 Å². The second-order valence-electron chi connectivity index (χ2n) is 7.04. The fourth-order valence-electron chi connectivity index (χ4n) is 3.37. The lowest BCUT2D eigenvalue weighted by Gasteiger charge is -2.11. The third-order valence-electron chi connectivity index (χ3n) is 4.83. The highest BCUT2D eigenvalue weighted by molar-refractivity contribution is 5.94. The molecule has 1 N–H and O–H groups in total. The Morgan fingerprint density at radius 3 is 2.41 bits per heavy atom. The first kappa shape index (κ1) is 18.7. The van der Waals surface area contributed by atoms with Crippen molar-refractivity contribution in [1.29, 1.82) is 0 Å². The first-order valence-corrected chi connectivity index (χ1v) is 9.56. The Morgan fingerprint density at radius 2 is 1.76 bits per heavy atom. The van der Waals surface area contributed by atoms with Gasteiger partial charge in [-0.05, 0) is 61.4 Å². The Kier molecular flexibility index (Phi) is 5.24. The first-order valence-electron chi connectivity index (χ1n) is 9.56. The minimum atomic E-state index is -0.0983. The van der Waals surface area contributed by atoms with Gasteiger partial charge in [0.05, 0.1) is 17.9 Å². The molecule has 4 aromatic rings. The summed E-state index contributed by atoms with van der Waals surface area (Å²) in [6.07, 6.45) is 3.69. The summed E-state index contributed by atoms with van der Waals surface area (Å²) in [6.45, 7) is 5.13. The lowest BCUT2D eigenvalue weighted by molar-refractivity contribution is 0.0951. The summed E-state index contributed by atoms with van der Waals surface area (Å²) in [7, 11) is 0. The fourth-order valence-corrected chi connectivity index (χ4v) is 3.37. The molecule has 0 aliphatic rings. The lowest BCUT2D eigenvalue weighted by Crippen LogP contribution is -2.23. The number of nitrogens with zero attached hydrogens (tertiary/aromatic N) is 4. The van der Waals surface area contributed by atoms with E-state index in [1.165, 1.54) is 0 Å². The molecule has 0 aliphatic carbocycles. The van der Waals surface area contributed by atoms with Crippen LogP contribution in [-0.4, -0.2) is 25.5 Å². The zero-order valence-electron chi connectivity index (χ0n) is 16.5. The van der Waals surface area contributed by atoms with Gasteiger partial charge in [-0.3, -0.25) is 9.48 Å². The molecule has 6 nitrogen and oxygen atoms in total. The van der Waals surface area contributed by atoms with Gasteiger partial charge in [-0.25, -0.2) is 4.68 Å². The second kappa shape index (κ2) is 8.14. The summed E-state index contributed by atoms with van der Waals surface area (Å²) in [5, 5.41) is 11.8. The summed E-state index contributed by atoms with van der Waals surface area (Å²) in [5.41, 5.74) is 5.81. The largest absolute Gasteiger partial charge is 0.348 e. The van der Waals surface area contributed by atoms with Crippen molar-refractivity contribution < 1.29 is 4.79 Å². The van der Waals surface area contributed by atoms with Gasteiger partial charge in [0.15, 0.2) is 0 Å². The van der Waals surface area contributed by atoms with Crippen LogP contribution >= 0.6 is 0 Å². The predicted octanol–water partition coefficient (Wildman–Crippen LogP) is 3.66. The number of carbonyl (C=O) groups excluding carboxylic acids is 1. The highest BCUT2D eigenvalue weighted by Gasteiger charge is 2.09. The quantitative estimate of drug-likeness (QED) is 0.551. The number of amides is 1. The van der Waals surface area contributed by atoms with Gasteiger partial charge in [0.2, 0.25) is 0 Å². The number of benzene rings is 2. The average molecular weight is 385 g/mol. The molecule has 4 rings (SSSR count). The highest BCUT2D eigenvalue weighted by atomic mass is 16.1. The molecule has 146 valence electrons. The van der Waals surface area contributed by atoms with Crippen molar-refractivity contribution >= 4 is 5.91 Å². The van der Waals surface area contributed by atoms with Gasteiger partial charge in [-0.15, -0.1) is 0 Å². The second-order valence-corrected chi connectivity index (χ2v) is 7.04. The molecule has 0 radical (unpaired) electrons. The summed E-state index contributed by atoms with van der Waals surface area (Å²) < 4.78 is 3.75. The minimum Gasteiger partial charge on any atom is -0.348 e. The monoisotopic (exact) mass is 385 g/mol. The van der Waals surface area contributed by atoms with Crippen LogP contribution in [0.1, 0.15) is 32.9 Å². The Balaban J connectivity index is 1.43. The maximum Gasteiger partial charge on any atom is 0.251 e. The van der Waals surface area contributed by atoms with Crippen molar-refractivity contribution in [3.8, 4) is 5.69 Å². The lowest BCUT2D eigenvalue weighted by atomic mass is 10.1. The van der Waals surface area contributed by atoms with E-state index >= 15 is 0 Å². The highest BCUT2D eigenvalue weighted by Crippen LogP contribution is 2.14. The Hall–Kier alpha value is -3.67. The van der Waals surface area contributed by atoms with Gasteiger partial charge in [0.25, 0.3) is 5.91 Å². The SMILES string of the molecule is Cc1cc(C)n(-c2ccc(C(=O)NCc3ccccc3Cn3cccn3)cc2)n1. The molecule has 6 heteroatoms. The van der Waals surface area contributed by atoms with Crippen molar-refractivity contribution in [2.24, 2.45) is 0 Å². The van der Waals surface area contributed by atoms with Crippen LogP contribution in [0, 0.1) is 13.8 Å². The fraction of sp³-hybridized carbons (Fsp3) is 0.174. The average Bonchev–Trinajstić information content (AvgIpc) is 3.36. The van der Waals surface area contributed by atoms with Gasteiger partial charge < -0.3 is 5.32 Å². The van der Waals surface area contributed by atoms with Gasteiger partial charge >= 0.3 is 0 Å². The number of aryl methyl sites for hydroxylation is 2. The van der Waals surface area contributed by atoms with E-state index in [0.29, 0.717) is 18.7 Å². The van der Waals surface area contributed by atoms with Crippen LogP contribution in [0.2, 0.25) is 0 Å². The number of aromatic nitrogens is 4. The smallest absolute Gasteiger partial charge is 0.251 e. The molecule has 29 heavy (non-hydrogen) atoms. The Morgan fingerprint density at radius 1 is 1.00 bits per heavy atom. The summed E-state index contributed by atoms with van der Waals surface area (Å²) in [5.74, 6) is -0.0983. The van der Waals surface area contributed by atoms with E-state index < -0.39 is 0 Å². The molecule has 2 heterocycles. The summed E-state index contributed by atoms with van der Waals surface area (Å²) in [4.78, 5) is 12.6. The molecule has 0 fully saturated rings. The van der Waals surface area contributed by atoms with E-state index in [2.05, 4.69) is 21.6 Å². The minimum absolute atomic E-state index is 0.0983. The first-order chi connectivity index (χ1) is 14.1. The van der Waals surface area contributed by atoms with Crippen LogP contribution in [-0.2, 0) is 13.1 Å². The van der Waals surface area contributed by atoms with Crippen LogP contribution in [0.4, 0.5) is 0 Å². The topological polar surface area (TPSA) is 64.7 Å². The standard InChI is InChI=1S/C23H23N5O/c1-17-14-18(2)28(26-17)22-10-8-19(9-11-22)23(29)24-15-20-6-3-4-7-21(20)16-27-13-5-12-25-27/h3-14H,15-16H2,1-2H3,(H,24,29). The van der Waals surface area contributed by atoms with Gasteiger partial charge in [0, 0.05) is 30.2 Å². The third-order valence-corrected chi connectivity index (χ3v) is 4.83. The molecule has 2 aromatic heterocycles. The predicted molar refractivity (Wildman–Crippen MR) is 112 cm³/mol. The van der Waals surface area contributed by atoms with E-state index in [1.54, 1.807) is 6.20 Å². The van der Waals surface area contributed by atoms with Crippen molar-refractivity contribution in [3.05, 3.63) is 101 Å². The van der Waals surface area contributed by atoms with E-state index in [9.17, 15) is 4.79 Å². The summed E-state index contributed by atoms with van der Waals surface area (Å²) >= 11 is 0. The van der Waals surface area contributed by atoms with Crippen LogP contribution in [0.25, 0.3) is 5.69 Å². The van der Waals surface area contributed by atoms with Crippen molar-refractivity contribution in [1.82, 2.24) is 24.9 Å². The van der Waals surface area contributed by atoms with Crippen LogP contribution in [0.15, 0.2) is 73.1 Å². The molecule has 0 saturated heterocycles. The molecule has 0 saturated carbocycles. The molecule has 0 unspecified atom stereocenters. The number of nitrogens with one attached hydrogen (secondary N) is 1. The molecule has 0 spiro atoms. The van der Waals surface area contributed by atoms with Crippen molar-refractivity contribution in [3.63, 3.8) is 0 Å². The van der Waals surface area contributed by atoms with Crippen LogP contribution < -0.4 is 5.32 Å². The zero-order valence-corrected chi connectivity index (χ0v) is 16.5. The maximum atomic E-state index is 12.6. The summed E-state index contributed by atoms with van der Waals surface area (Å²) in [6, 6.07) is 19.5. The Labute approximate surface area is 169 Å². The normalized spacial score (nSPS) is 10.8. The number of rotatable bonds is 6. The number of carbonyl (C=O) groups is 1. The molecule has 0 atom stereocenters. The molecule has 2 aromatic carbocycles. The molecule has 0 aliphatic heterocycles. The zero-order chi connectivity index (χ0) is 20.2. The third kappa shape index (κ3) is 4.27. The van der Waals surface area contributed by atoms with Gasteiger partial charge in [-0.2, -0.15) is 10.2 Å². The van der Waals surface area contributed by atoms with Gasteiger partial charge in [0.1, 0.15) is 0 Å². The molecular formula is C23H23N5O. The van der Waals surface area contributed by atoms with Crippen LogP contribution in [0.5, 0.6) is 0 Å². The van der Waals surface area contributed by atoms with Gasteiger partial charge in [-0.1, -0.05) is 24.3 Å². The maximum absolute atomic E-state index is 12.6. The molecule has 0 bridgehead atoms. The van der Waals surface area contributed by atoms with E-state index in [0.717, 1.165) is 28.2 Å². The van der Waals surface area contributed by atoms with E-state index in [4.69, 9.17) is 0 Å². The van der Waals surface area contributed by atoms with E-state index in [-0.39, 0.29) is 5.91 Å². The number of hydrogen-bond donors (Lipinski definition) is 1. The van der Waals surface area contributed by atoms with Crippen LogP contribution in [0.3, 0.4) is 0 Å². The molecule has 1 amide bonds. The molecular weight excluding hydrogens is 362 g/mol.